The summed E-state index contributed by atoms with van der Waals surface area (Å²) >= 11 is 20.0. The van der Waals surface area contributed by atoms with Crippen molar-refractivity contribution in [3.05, 3.63) is 259 Å². The van der Waals surface area contributed by atoms with Gasteiger partial charge in [-0.2, -0.15) is 0 Å². The topological polar surface area (TPSA) is 154 Å². The number of hydrogen-bond donors (Lipinski definition) is 1. The first-order valence-corrected chi connectivity index (χ1v) is 31.7. The Hall–Kier alpha value is -9.78. The van der Waals surface area contributed by atoms with E-state index in [0.29, 0.717) is 80.8 Å². The van der Waals surface area contributed by atoms with E-state index < -0.39 is 28.3 Å². The van der Waals surface area contributed by atoms with Crippen molar-refractivity contribution in [3.63, 3.8) is 0 Å². The van der Waals surface area contributed by atoms with Gasteiger partial charge in [0.25, 0.3) is 11.8 Å². The van der Waals surface area contributed by atoms with Crippen LogP contribution in [0.2, 0.25) is 5.15 Å². The Morgan fingerprint density at radius 2 is 1.05 bits per heavy atom. The lowest BCUT2D eigenvalue weighted by atomic mass is 9.77. The molecule has 2 aliphatic heterocycles. The number of carbonyl (C=O) groups excluding carboxylic acids is 2. The molecule has 6 heterocycles. The molecule has 2 saturated heterocycles. The highest BCUT2D eigenvalue weighted by atomic mass is 127. The molecule has 22 heteroatoms. The maximum absolute atomic E-state index is 15.6. The van der Waals surface area contributed by atoms with E-state index in [4.69, 9.17) is 49.2 Å². The van der Waals surface area contributed by atoms with Crippen molar-refractivity contribution in [2.75, 3.05) is 19.6 Å². The summed E-state index contributed by atoms with van der Waals surface area (Å²) in [5.41, 5.74) is 6.82. The van der Waals surface area contributed by atoms with Gasteiger partial charge in [-0.1, -0.05) is 129 Å². The Morgan fingerprint density at radius 3 is 1.45 bits per heavy atom. The standard InChI is InChI=1S/C26H22FN7OS.C23H19ClFN5OS.C22H17IN2/c1-6-21-31-22-17(23(32-21)20-12-29-13-30-20)10-16(11-18(22)27)34-25(36)33(24(35)26(34,3)4)15-7-8-19(28-5)14(2)9-15;1-6-18-27-19-15(20(24)28-18)10-14(11-16(19)25)30-22(32)29(21(31)23(30,3)4)13-7-8-17(26-5)12(2)9-13;23-21-16-25(17-24-21)22(18-10-4-1-5-11-18,19-12-6-2-7-13-19)20-14-8-3-9-15-20/h7-13H,6H2,1-4H3,(H,29,30);7-11H,6H2,1-4H3;1-17H. The molecule has 1 N–H and O–H groups in total. The van der Waals surface area contributed by atoms with Crippen LogP contribution < -0.4 is 19.6 Å². The van der Waals surface area contributed by atoms with Gasteiger partial charge >= 0.3 is 0 Å². The van der Waals surface area contributed by atoms with Crippen LogP contribution in [-0.4, -0.2) is 72.6 Å². The second kappa shape index (κ2) is 26.1. The highest BCUT2D eigenvalue weighted by Crippen LogP contribution is 2.44. The number of nitrogens with zero attached hydrogens (tertiary/aromatic N) is 13. The van der Waals surface area contributed by atoms with Gasteiger partial charge in [-0.15, -0.1) is 0 Å². The number of imidazole rings is 2. The smallest absolute Gasteiger partial charge is 0.259 e. The molecule has 0 saturated carbocycles. The molecule has 93 heavy (non-hydrogen) atoms. The Bertz CT molecular complexity index is 4750. The van der Waals surface area contributed by atoms with E-state index in [2.05, 4.69) is 169 Å². The fourth-order valence-corrected chi connectivity index (χ4v) is 13.5. The molecule has 2 amide bonds. The van der Waals surface area contributed by atoms with E-state index in [1.807, 2.05) is 27.1 Å². The number of fused-ring (bicyclic) bond motifs is 2. The van der Waals surface area contributed by atoms with Crippen LogP contribution in [0.5, 0.6) is 0 Å². The van der Waals surface area contributed by atoms with Crippen molar-refractivity contribution in [1.29, 1.82) is 0 Å². The highest BCUT2D eigenvalue weighted by Gasteiger charge is 2.52. The van der Waals surface area contributed by atoms with Crippen LogP contribution in [0.25, 0.3) is 42.9 Å². The fraction of sp³-hybridized carbons (Fsp3) is 0.183. The number of thiocarbonyl (C=S) groups is 2. The molecular formula is C71H58ClF2IN14O2S2. The number of aromatic nitrogens is 8. The zero-order chi connectivity index (χ0) is 66.3. The second-order valence-corrected chi connectivity index (χ2v) is 25.1. The molecule has 0 aliphatic carbocycles. The van der Waals surface area contributed by atoms with E-state index >= 15 is 8.78 Å². The number of rotatable bonds is 11. The van der Waals surface area contributed by atoms with E-state index in [1.54, 1.807) is 99.1 Å². The van der Waals surface area contributed by atoms with Crippen molar-refractivity contribution >= 4 is 137 Å². The first-order chi connectivity index (χ1) is 44.6. The van der Waals surface area contributed by atoms with Gasteiger partial charge in [0.1, 0.15) is 48.2 Å². The van der Waals surface area contributed by atoms with Crippen LogP contribution in [-0.2, 0) is 28.0 Å². The third kappa shape index (κ3) is 11.7. The predicted molar refractivity (Wildman–Crippen MR) is 378 cm³/mol. The van der Waals surface area contributed by atoms with Gasteiger partial charge < -0.3 is 19.4 Å². The van der Waals surface area contributed by atoms with Crippen molar-refractivity contribution < 1.29 is 18.4 Å². The second-order valence-electron chi connectivity index (χ2n) is 23.0. The van der Waals surface area contributed by atoms with Gasteiger partial charge in [0.05, 0.1) is 43.4 Å². The number of anilines is 4. The van der Waals surface area contributed by atoms with E-state index in [1.165, 1.54) is 45.0 Å². The van der Waals surface area contributed by atoms with Crippen LogP contribution in [0.1, 0.15) is 81.0 Å². The lowest BCUT2D eigenvalue weighted by molar-refractivity contribution is -0.121. The molecule has 0 unspecified atom stereocenters. The monoisotopic (exact) mass is 1400 g/mol. The van der Waals surface area contributed by atoms with Crippen LogP contribution in [0.15, 0.2) is 177 Å². The molecule has 0 bridgehead atoms. The molecule has 0 spiro atoms. The number of aryl methyl sites for hydroxylation is 4. The molecule has 0 atom stereocenters. The van der Waals surface area contributed by atoms with Gasteiger partial charge in [0, 0.05) is 52.6 Å². The van der Waals surface area contributed by atoms with E-state index in [0.717, 1.165) is 14.8 Å². The summed E-state index contributed by atoms with van der Waals surface area (Å²) in [6, 6.07) is 48.1. The van der Waals surface area contributed by atoms with Gasteiger partial charge in [0.15, 0.2) is 33.2 Å². The highest BCUT2D eigenvalue weighted by molar-refractivity contribution is 14.1. The van der Waals surface area contributed by atoms with Crippen LogP contribution in [0.4, 0.5) is 42.9 Å². The first-order valence-electron chi connectivity index (χ1n) is 29.4. The van der Waals surface area contributed by atoms with Crippen LogP contribution >= 0.6 is 58.6 Å². The number of nitrogens with one attached hydrogen (secondary N) is 1. The molecule has 16 nitrogen and oxygen atoms in total. The minimum atomic E-state index is -1.10. The zero-order valence-electron chi connectivity index (χ0n) is 51.6. The van der Waals surface area contributed by atoms with Crippen LogP contribution in [0.3, 0.4) is 0 Å². The molecule has 13 rings (SSSR count). The fourth-order valence-electron chi connectivity index (χ4n) is 11.8. The number of halogens is 4. The third-order valence-corrected chi connectivity index (χ3v) is 18.0. The summed E-state index contributed by atoms with van der Waals surface area (Å²) in [6.07, 6.45) is 8.25. The van der Waals surface area contributed by atoms with Crippen molar-refractivity contribution in [3.8, 4) is 11.4 Å². The first kappa shape index (κ1) is 64.7. The van der Waals surface area contributed by atoms with Crippen molar-refractivity contribution in [2.45, 2.75) is 84.8 Å². The predicted octanol–water partition coefficient (Wildman–Crippen LogP) is 16.6. The molecule has 0 radical (unpaired) electrons. The van der Waals surface area contributed by atoms with Gasteiger partial charge in [0.2, 0.25) is 0 Å². The average Bonchev–Trinajstić information content (AvgIpc) is 1.67. The zero-order valence-corrected chi connectivity index (χ0v) is 56.2. The molecule has 2 aliphatic rings. The van der Waals surface area contributed by atoms with Gasteiger partial charge in [-0.25, -0.2) is 48.4 Å². The van der Waals surface area contributed by atoms with Gasteiger partial charge in [-0.05, 0) is 165 Å². The van der Waals surface area contributed by atoms with Gasteiger partial charge in [-0.3, -0.25) is 19.4 Å². The van der Waals surface area contributed by atoms with E-state index in [-0.39, 0.29) is 38.2 Å². The van der Waals surface area contributed by atoms with Crippen LogP contribution in [0, 0.1) is 42.3 Å². The summed E-state index contributed by atoms with van der Waals surface area (Å²) in [6.45, 7) is 28.8. The molecule has 4 aromatic heterocycles. The number of amides is 2. The van der Waals surface area contributed by atoms with Crippen molar-refractivity contribution in [1.82, 2.24) is 39.5 Å². The molecule has 7 aromatic carbocycles. The Balaban J connectivity index is 0.000000145. The molecular weight excluding hydrogens is 1350 g/mol. The summed E-state index contributed by atoms with van der Waals surface area (Å²) in [4.78, 5) is 69.2. The average molecular weight is 1400 g/mol. The van der Waals surface area contributed by atoms with E-state index in [9.17, 15) is 9.59 Å². The third-order valence-electron chi connectivity index (χ3n) is 16.4. The molecule has 464 valence electrons. The summed E-state index contributed by atoms with van der Waals surface area (Å²) in [5.74, 6) is -0.669. The minimum absolute atomic E-state index is 0.127. The number of aromatic amines is 1. The maximum Gasteiger partial charge on any atom is 0.259 e. The summed E-state index contributed by atoms with van der Waals surface area (Å²) in [5, 5.41) is 1.39. The SMILES string of the molecule is Ic1cn(C(c2ccccc2)(c2ccccc2)c2ccccc2)cn1.[C-]#[N+]c1ccc(N2C(=O)C(C)(C)N(c3cc(F)c4nc(CC)nc(-c5cnc[nH]5)c4c3)C2=S)cc1C.[C-]#[N+]c1ccc(N2C(=O)C(C)(C)N(c3cc(F)c4nc(CC)nc(Cl)c4c3)C2=S)cc1C. The Morgan fingerprint density at radius 1 is 0.613 bits per heavy atom. The Kier molecular flexibility index (Phi) is 18.2. The lowest BCUT2D eigenvalue weighted by Crippen LogP contribution is -2.44. The summed E-state index contributed by atoms with van der Waals surface area (Å²) in [7, 11) is 0. The van der Waals surface area contributed by atoms with Crippen molar-refractivity contribution in [2.24, 2.45) is 0 Å². The number of carbonyl (C=O) groups is 2. The molecule has 2 fully saturated rings. The number of H-pyrrole nitrogens is 1. The largest absolute Gasteiger partial charge is 0.343 e. The lowest BCUT2D eigenvalue weighted by Gasteiger charge is -2.37. The number of benzene rings is 7. The normalized spacial score (nSPS) is 14.3. The number of hydrogen-bond acceptors (Lipinski definition) is 10. The maximum atomic E-state index is 15.6. The summed E-state index contributed by atoms with van der Waals surface area (Å²) < 4.78 is 33.8. The minimum Gasteiger partial charge on any atom is -0.343 e. The molecule has 11 aromatic rings. The quantitative estimate of drug-likeness (QED) is 0.0431. The Labute approximate surface area is 565 Å².